The van der Waals surface area contributed by atoms with Gasteiger partial charge in [0.2, 0.25) is 0 Å². The van der Waals surface area contributed by atoms with Crippen LogP contribution < -0.4 is 5.22 Å². The summed E-state index contributed by atoms with van der Waals surface area (Å²) in [7, 11) is 1.53. The number of esters is 1. The van der Waals surface area contributed by atoms with E-state index in [-0.39, 0.29) is 16.8 Å². The van der Waals surface area contributed by atoms with Gasteiger partial charge in [-0.05, 0) is 223 Å². The lowest BCUT2D eigenvalue weighted by molar-refractivity contribution is 0.0600. The van der Waals surface area contributed by atoms with Gasteiger partial charge in [0, 0.05) is 17.3 Å². The Balaban J connectivity index is 1.12. The van der Waals surface area contributed by atoms with Crippen molar-refractivity contribution in [2.75, 3.05) is 7.11 Å². The number of methoxy groups -OCH3 is 1. The van der Waals surface area contributed by atoms with E-state index in [2.05, 4.69) is 36.4 Å². The molecule has 2 spiro atoms. The summed E-state index contributed by atoms with van der Waals surface area (Å²) in [6.45, 7) is 0. The monoisotopic (exact) mass is 648 g/mol. The molecule has 2 nitrogen and oxygen atoms in total. The van der Waals surface area contributed by atoms with Gasteiger partial charge in [0.05, 0.1) is 12.7 Å². The Morgan fingerprint density at radius 2 is 1.61 bits per heavy atom. The maximum Gasteiger partial charge on any atom is 0.337 e. The zero-order valence-corrected chi connectivity index (χ0v) is 28.1. The van der Waals surface area contributed by atoms with E-state index in [1.54, 1.807) is 98.0 Å². The van der Waals surface area contributed by atoms with Crippen LogP contribution in [0.4, 0.5) is 0 Å². The first kappa shape index (κ1) is 23.0. The average molecular weight is 649 g/mol. The Bertz CT molecular complexity index is 3420. The fourth-order valence-electron chi connectivity index (χ4n) is 18.3. The third-order valence-corrected chi connectivity index (χ3v) is 18.8. The highest BCUT2D eigenvalue weighted by Crippen LogP contribution is 2.88. The maximum absolute atomic E-state index is 12.9. The number of fused-ring (bicyclic) bond motifs is 2. The Morgan fingerprint density at radius 1 is 0.725 bits per heavy atom. The van der Waals surface area contributed by atoms with E-state index in [1.807, 2.05) is 27.8 Å². The zero-order valence-electron chi connectivity index (χ0n) is 28.1. The van der Waals surface area contributed by atoms with E-state index in [4.69, 9.17) is 4.74 Å². The van der Waals surface area contributed by atoms with E-state index < -0.39 is 0 Å². The van der Waals surface area contributed by atoms with Gasteiger partial charge in [-0.25, -0.2) is 4.79 Å². The Labute approximate surface area is 291 Å². The molecule has 7 aromatic carbocycles. The summed E-state index contributed by atoms with van der Waals surface area (Å²) in [5, 5.41) is 19.0. The second-order valence-corrected chi connectivity index (χ2v) is 19.6. The summed E-state index contributed by atoms with van der Waals surface area (Å²) >= 11 is 0. The second-order valence-electron chi connectivity index (χ2n) is 19.6. The highest BCUT2D eigenvalue weighted by Gasteiger charge is 2.82. The standard InChI is InChI=1S/C49H28O2/c1-51-47(50)14-2-3-15-13-49-44-23-10-20-8-18-6-16-5-17-7-19-9-22-12-48(49,11-21(15)4-14)45-29(22)34-28(19)32-25(17)24(16)31-27(18)33-26(20)30(23)35-40-38(33)36(31)37(32)39(34)41(40)42(45)43(35)46(44)49/h2-4,6-7,10,19-20,22,26,28,44,46H,5,8-9,11-13H2,1H3. The van der Waals surface area contributed by atoms with Crippen molar-refractivity contribution < 1.29 is 9.53 Å². The van der Waals surface area contributed by atoms with Gasteiger partial charge in [0.15, 0.2) is 0 Å². The molecule has 0 radical (unpaired) electrons. The number of carbonyl (C=O) groups is 1. The first-order valence-electron chi connectivity index (χ1n) is 19.9. The normalized spacial score (nSPS) is 37.3. The molecule has 0 aromatic heterocycles. The number of carbonyl (C=O) groups excluding carboxylic acids is 1. The first-order valence-corrected chi connectivity index (χ1v) is 19.9. The van der Waals surface area contributed by atoms with Crippen molar-refractivity contribution in [1.29, 1.82) is 0 Å². The molecular formula is C49H28O2. The molecule has 0 amide bonds. The Kier molecular flexibility index (Phi) is 2.68. The smallest absolute Gasteiger partial charge is 0.337 e. The summed E-state index contributed by atoms with van der Waals surface area (Å²) in [4.78, 5) is 12.9. The molecule has 9 unspecified atom stereocenters. The highest BCUT2D eigenvalue weighted by molar-refractivity contribution is 6.46. The van der Waals surface area contributed by atoms with Gasteiger partial charge in [0.1, 0.15) is 0 Å². The quantitative estimate of drug-likeness (QED) is 0.131. The van der Waals surface area contributed by atoms with Crippen LogP contribution in [0.2, 0.25) is 0 Å². The molecule has 51 heavy (non-hydrogen) atoms. The van der Waals surface area contributed by atoms with Crippen molar-refractivity contribution in [3.8, 4) is 0 Å². The van der Waals surface area contributed by atoms with Crippen molar-refractivity contribution in [1.82, 2.24) is 0 Å². The largest absolute Gasteiger partial charge is 0.465 e. The van der Waals surface area contributed by atoms with E-state index in [9.17, 15) is 4.79 Å². The molecule has 12 aliphatic carbocycles. The van der Waals surface area contributed by atoms with Crippen LogP contribution in [0.25, 0.3) is 65.0 Å². The third kappa shape index (κ3) is 1.66. The molecule has 0 saturated heterocycles. The van der Waals surface area contributed by atoms with Crippen LogP contribution in [0.15, 0.2) is 42.0 Å². The van der Waals surface area contributed by atoms with Crippen molar-refractivity contribution >= 4 is 71.0 Å². The van der Waals surface area contributed by atoms with Gasteiger partial charge in [-0.2, -0.15) is 0 Å². The fraction of sp³-hybridized carbons (Fsp3) is 0.327. The van der Waals surface area contributed by atoms with Crippen LogP contribution in [0.3, 0.4) is 0 Å². The van der Waals surface area contributed by atoms with Crippen molar-refractivity contribution in [2.45, 2.75) is 67.6 Å². The molecule has 12 aliphatic rings. The van der Waals surface area contributed by atoms with Gasteiger partial charge in [-0.3, -0.25) is 0 Å². The first-order chi connectivity index (χ1) is 25.1. The summed E-state index contributed by atoms with van der Waals surface area (Å²) in [6, 6.07) is 9.37. The van der Waals surface area contributed by atoms with Crippen LogP contribution in [0, 0.1) is 23.2 Å². The van der Waals surface area contributed by atoms with E-state index in [0.717, 1.165) is 24.8 Å². The molecule has 9 atom stereocenters. The van der Waals surface area contributed by atoms with E-state index in [1.165, 1.54) is 37.5 Å². The van der Waals surface area contributed by atoms with E-state index in [0.29, 0.717) is 41.4 Å². The van der Waals surface area contributed by atoms with Crippen molar-refractivity contribution in [2.24, 2.45) is 23.2 Å². The number of hydrogen-bond acceptors (Lipinski definition) is 2. The molecule has 0 bridgehead atoms. The minimum Gasteiger partial charge on any atom is -0.465 e. The van der Waals surface area contributed by atoms with Gasteiger partial charge in [-0.1, -0.05) is 24.3 Å². The summed E-state index contributed by atoms with van der Waals surface area (Å²) in [5.74, 6) is 4.01. The van der Waals surface area contributed by atoms with Gasteiger partial charge >= 0.3 is 5.97 Å². The Morgan fingerprint density at radius 3 is 2.55 bits per heavy atom. The lowest BCUT2D eigenvalue weighted by Gasteiger charge is -2.48. The molecule has 0 N–H and O–H groups in total. The highest BCUT2D eigenvalue weighted by atomic mass is 16.5. The molecule has 236 valence electrons. The van der Waals surface area contributed by atoms with Crippen molar-refractivity contribution in [3.05, 3.63) is 114 Å². The number of benzene rings is 5. The SMILES string of the molecule is COC(=O)c1ccc2c(c1)CC13CC4CC5C=C6Cc7cc8c9c%10c%11c%12c%13c(c%14c1c4c1c(c4c(c6c7c9c4%11)C15)c%14%12)C1C(C4=CC(C8)C%10C=%134)C13C2. The number of rotatable bonds is 1. The maximum atomic E-state index is 12.9. The average Bonchev–Trinajstić information content (AvgIpc) is 3.77. The number of allylic oxidation sites excluding steroid dienone is 4. The fourth-order valence-corrected chi connectivity index (χ4v) is 18.3. The van der Waals surface area contributed by atoms with Crippen LogP contribution >= 0.6 is 0 Å². The number of hydrogen-bond donors (Lipinski definition) is 0. The predicted molar refractivity (Wildman–Crippen MR) is 198 cm³/mol. The molecule has 7 aromatic rings. The van der Waals surface area contributed by atoms with Crippen molar-refractivity contribution in [3.63, 3.8) is 0 Å². The van der Waals surface area contributed by atoms with Gasteiger partial charge in [0.25, 0.3) is 0 Å². The lowest BCUT2D eigenvalue weighted by atomic mass is 9.54. The molecule has 19 rings (SSSR count). The van der Waals surface area contributed by atoms with Crippen LogP contribution in [-0.2, 0) is 35.8 Å². The topological polar surface area (TPSA) is 26.3 Å². The zero-order chi connectivity index (χ0) is 31.8. The summed E-state index contributed by atoms with van der Waals surface area (Å²) in [6.07, 6.45) is 13.0. The van der Waals surface area contributed by atoms with Gasteiger partial charge < -0.3 is 4.74 Å². The van der Waals surface area contributed by atoms with Crippen LogP contribution in [-0.4, -0.2) is 13.1 Å². The Hall–Kier alpha value is -4.69. The van der Waals surface area contributed by atoms with Gasteiger partial charge in [-0.15, -0.1) is 0 Å². The minimum atomic E-state index is -0.198. The molecule has 2 heteroatoms. The summed E-state index contributed by atoms with van der Waals surface area (Å²) < 4.78 is 5.28. The summed E-state index contributed by atoms with van der Waals surface area (Å²) in [5.41, 5.74) is 25.2. The minimum absolute atomic E-state index is 0.133. The predicted octanol–water partition coefficient (Wildman–Crippen LogP) is 8.86. The van der Waals surface area contributed by atoms with Crippen LogP contribution in [0.5, 0.6) is 0 Å². The molecule has 0 heterocycles. The third-order valence-electron chi connectivity index (χ3n) is 18.8. The lowest BCUT2D eigenvalue weighted by Crippen LogP contribution is -2.46. The van der Waals surface area contributed by atoms with E-state index >= 15 is 0 Å². The molecule has 1 saturated carbocycles. The molecule has 0 aliphatic heterocycles. The number of ether oxygens (including phenoxy) is 1. The van der Waals surface area contributed by atoms with Crippen LogP contribution in [0.1, 0.15) is 108 Å². The second kappa shape index (κ2) is 5.95. The molecule has 1 fully saturated rings. The molecular weight excluding hydrogens is 621 g/mol.